The Hall–Kier alpha value is -1.98. The summed E-state index contributed by atoms with van der Waals surface area (Å²) in [7, 11) is 0. The molecule has 74 valence electrons. The van der Waals surface area contributed by atoms with Crippen molar-refractivity contribution >= 4 is 11.9 Å². The first-order chi connectivity index (χ1) is 6.61. The fourth-order valence-corrected chi connectivity index (χ4v) is 1.00. The smallest absolute Gasteiger partial charge is 0.313 e. The molecule has 0 aliphatic carbocycles. The Morgan fingerprint density at radius 1 is 1.43 bits per heavy atom. The largest absolute Gasteiger partial charge is 0.481 e. The molecule has 1 atom stereocenters. The van der Waals surface area contributed by atoms with E-state index in [4.69, 9.17) is 10.2 Å². The van der Waals surface area contributed by atoms with E-state index in [1.165, 1.54) is 18.6 Å². The second-order valence-corrected chi connectivity index (χ2v) is 2.62. The summed E-state index contributed by atoms with van der Waals surface area (Å²) in [5, 5.41) is 17.2. The molecular weight excluding hydrogens is 188 g/mol. The summed E-state index contributed by atoms with van der Waals surface area (Å²) in [6.07, 6.45) is 2.08. The van der Waals surface area contributed by atoms with Gasteiger partial charge < -0.3 is 10.2 Å². The van der Waals surface area contributed by atoms with Crippen LogP contribution in [0, 0.1) is 0 Å². The molecule has 14 heavy (non-hydrogen) atoms. The van der Waals surface area contributed by atoms with Crippen LogP contribution < -0.4 is 0 Å². The second-order valence-electron chi connectivity index (χ2n) is 2.62. The number of rotatable bonds is 4. The summed E-state index contributed by atoms with van der Waals surface area (Å²) in [6.45, 7) is 0. The minimum absolute atomic E-state index is 0.204. The molecule has 1 aromatic rings. The van der Waals surface area contributed by atoms with E-state index < -0.39 is 24.3 Å². The number of aromatic nitrogens is 2. The van der Waals surface area contributed by atoms with Gasteiger partial charge in [-0.3, -0.25) is 9.59 Å². The summed E-state index contributed by atoms with van der Waals surface area (Å²) < 4.78 is 0. The topological polar surface area (TPSA) is 100 Å². The average molecular weight is 196 g/mol. The van der Waals surface area contributed by atoms with Crippen molar-refractivity contribution in [3.63, 3.8) is 0 Å². The van der Waals surface area contributed by atoms with Crippen LogP contribution in [0.5, 0.6) is 0 Å². The molecule has 6 heteroatoms. The van der Waals surface area contributed by atoms with Gasteiger partial charge in [-0.2, -0.15) is 0 Å². The van der Waals surface area contributed by atoms with Crippen molar-refractivity contribution in [3.05, 3.63) is 24.3 Å². The van der Waals surface area contributed by atoms with Crippen LogP contribution in [0.15, 0.2) is 18.6 Å². The van der Waals surface area contributed by atoms with Crippen molar-refractivity contribution in [1.82, 2.24) is 9.97 Å². The molecule has 0 saturated heterocycles. The zero-order valence-corrected chi connectivity index (χ0v) is 7.12. The first kappa shape index (κ1) is 10.1. The highest BCUT2D eigenvalue weighted by Crippen LogP contribution is 2.16. The fourth-order valence-electron chi connectivity index (χ4n) is 1.00. The van der Waals surface area contributed by atoms with Crippen LogP contribution >= 0.6 is 0 Å². The second kappa shape index (κ2) is 4.31. The lowest BCUT2D eigenvalue weighted by Crippen LogP contribution is -2.17. The normalized spacial score (nSPS) is 12.0. The lowest BCUT2D eigenvalue weighted by atomic mass is 10.0. The highest BCUT2D eigenvalue weighted by atomic mass is 16.4. The molecule has 2 N–H and O–H groups in total. The Bertz CT molecular complexity index is 338. The van der Waals surface area contributed by atoms with Crippen molar-refractivity contribution in [3.8, 4) is 0 Å². The van der Waals surface area contributed by atoms with E-state index >= 15 is 0 Å². The van der Waals surface area contributed by atoms with Gasteiger partial charge in [-0.25, -0.2) is 9.97 Å². The number of hydrogen-bond acceptors (Lipinski definition) is 4. The molecule has 1 aromatic heterocycles. The van der Waals surface area contributed by atoms with Crippen molar-refractivity contribution in [2.24, 2.45) is 0 Å². The van der Waals surface area contributed by atoms with Crippen LogP contribution in [0.25, 0.3) is 0 Å². The fraction of sp³-hybridized carbons (Fsp3) is 0.250. The zero-order valence-electron chi connectivity index (χ0n) is 7.12. The summed E-state index contributed by atoms with van der Waals surface area (Å²) >= 11 is 0. The van der Waals surface area contributed by atoms with Crippen LogP contribution in [-0.4, -0.2) is 32.1 Å². The van der Waals surface area contributed by atoms with Crippen LogP contribution in [0.4, 0.5) is 0 Å². The number of carboxylic acid groups (broad SMARTS) is 2. The maximum atomic E-state index is 10.7. The molecule has 0 aliphatic heterocycles. The Labute approximate surface area is 79.2 Å². The SMILES string of the molecule is O=C(O)CC(C(=O)O)c1ccncn1. The Morgan fingerprint density at radius 3 is 2.57 bits per heavy atom. The van der Waals surface area contributed by atoms with Gasteiger partial charge in [-0.15, -0.1) is 0 Å². The molecule has 1 unspecified atom stereocenters. The number of aliphatic carboxylic acids is 2. The van der Waals surface area contributed by atoms with Gasteiger partial charge in [0.25, 0.3) is 0 Å². The third-order valence-corrected chi connectivity index (χ3v) is 1.64. The lowest BCUT2D eigenvalue weighted by Gasteiger charge is -2.07. The molecule has 0 amide bonds. The predicted octanol–water partition coefficient (Wildman–Crippen LogP) is 0.120. The number of nitrogens with zero attached hydrogens (tertiary/aromatic N) is 2. The molecule has 0 bridgehead atoms. The summed E-state index contributed by atoms with van der Waals surface area (Å²) in [4.78, 5) is 28.4. The third-order valence-electron chi connectivity index (χ3n) is 1.64. The minimum atomic E-state index is -1.20. The molecule has 0 aromatic carbocycles. The first-order valence-corrected chi connectivity index (χ1v) is 3.81. The highest BCUT2D eigenvalue weighted by molar-refractivity contribution is 5.81. The molecule has 0 radical (unpaired) electrons. The van der Waals surface area contributed by atoms with Crippen molar-refractivity contribution < 1.29 is 19.8 Å². The van der Waals surface area contributed by atoms with E-state index in [0.29, 0.717) is 0 Å². The number of carboxylic acids is 2. The van der Waals surface area contributed by atoms with Gasteiger partial charge in [0.2, 0.25) is 0 Å². The van der Waals surface area contributed by atoms with Gasteiger partial charge >= 0.3 is 11.9 Å². The van der Waals surface area contributed by atoms with Crippen molar-refractivity contribution in [1.29, 1.82) is 0 Å². The molecule has 1 heterocycles. The Balaban J connectivity index is 2.89. The molecule has 0 saturated carbocycles. The van der Waals surface area contributed by atoms with Crippen molar-refractivity contribution in [2.45, 2.75) is 12.3 Å². The van der Waals surface area contributed by atoms with Crippen LogP contribution in [0.2, 0.25) is 0 Å². The standard InChI is InChI=1S/C8H8N2O4/c11-7(12)3-5(8(13)14)6-1-2-9-4-10-6/h1-2,4-5H,3H2,(H,11,12)(H,13,14). The van der Waals surface area contributed by atoms with E-state index in [2.05, 4.69) is 9.97 Å². The van der Waals surface area contributed by atoms with Crippen LogP contribution in [-0.2, 0) is 9.59 Å². The van der Waals surface area contributed by atoms with Gasteiger partial charge in [0, 0.05) is 6.20 Å². The summed E-state index contributed by atoms with van der Waals surface area (Å²) in [5.41, 5.74) is 0.204. The maximum Gasteiger partial charge on any atom is 0.313 e. The van der Waals surface area contributed by atoms with E-state index in [9.17, 15) is 9.59 Å². The van der Waals surface area contributed by atoms with Crippen LogP contribution in [0.3, 0.4) is 0 Å². The van der Waals surface area contributed by atoms with E-state index in [0.717, 1.165) is 0 Å². The first-order valence-electron chi connectivity index (χ1n) is 3.81. The summed E-state index contributed by atoms with van der Waals surface area (Å²) in [6, 6.07) is 1.39. The highest BCUT2D eigenvalue weighted by Gasteiger charge is 2.23. The van der Waals surface area contributed by atoms with Gasteiger partial charge in [-0.1, -0.05) is 0 Å². The molecule has 0 fully saturated rings. The summed E-state index contributed by atoms with van der Waals surface area (Å²) in [5.74, 6) is -3.49. The molecule has 0 spiro atoms. The van der Waals surface area contributed by atoms with E-state index in [-0.39, 0.29) is 5.69 Å². The molecule has 6 nitrogen and oxygen atoms in total. The maximum absolute atomic E-state index is 10.7. The van der Waals surface area contributed by atoms with Gasteiger partial charge in [0.05, 0.1) is 12.1 Å². The quantitative estimate of drug-likeness (QED) is 0.709. The minimum Gasteiger partial charge on any atom is -0.481 e. The predicted molar refractivity (Wildman–Crippen MR) is 44.7 cm³/mol. The number of hydrogen-bond donors (Lipinski definition) is 2. The lowest BCUT2D eigenvalue weighted by molar-refractivity contribution is -0.145. The molecule has 0 aliphatic rings. The third kappa shape index (κ3) is 2.51. The van der Waals surface area contributed by atoms with Gasteiger partial charge in [0.15, 0.2) is 0 Å². The van der Waals surface area contributed by atoms with Gasteiger partial charge in [-0.05, 0) is 6.07 Å². The molecule has 1 rings (SSSR count). The Kier molecular flexibility index (Phi) is 3.11. The van der Waals surface area contributed by atoms with E-state index in [1.807, 2.05) is 0 Å². The average Bonchev–Trinajstić information content (AvgIpc) is 2.15. The zero-order chi connectivity index (χ0) is 10.6. The Morgan fingerprint density at radius 2 is 2.14 bits per heavy atom. The van der Waals surface area contributed by atoms with Crippen molar-refractivity contribution in [2.75, 3.05) is 0 Å². The van der Waals surface area contributed by atoms with E-state index in [1.54, 1.807) is 0 Å². The molecular formula is C8H8N2O4. The monoisotopic (exact) mass is 196 g/mol. The van der Waals surface area contributed by atoms with Gasteiger partial charge in [0.1, 0.15) is 12.2 Å². The number of carbonyl (C=O) groups is 2. The van der Waals surface area contributed by atoms with Crippen LogP contribution in [0.1, 0.15) is 18.0 Å².